The van der Waals surface area contributed by atoms with Crippen LogP contribution < -0.4 is 10.4 Å². The first-order valence-corrected chi connectivity index (χ1v) is 6.02. The maximum absolute atomic E-state index is 4.21. The zero-order valence-corrected chi connectivity index (χ0v) is 10.2. The monoisotopic (exact) mass is 222 g/mol. The number of rotatable bonds is 3. The van der Waals surface area contributed by atoms with Crippen LogP contribution in [0.4, 0.5) is 0 Å². The van der Waals surface area contributed by atoms with Gasteiger partial charge in [-0.1, -0.05) is 49.6 Å². The fourth-order valence-electron chi connectivity index (χ4n) is 2.41. The maximum Gasteiger partial charge on any atom is -0.00939 e. The fraction of sp³-hybridized carbons (Fsp3) is 0.176. The van der Waals surface area contributed by atoms with Crippen LogP contribution in [0.15, 0.2) is 37.5 Å². The highest BCUT2D eigenvalue weighted by Crippen LogP contribution is 2.19. The Hall–Kier alpha value is -1.82. The number of benzene rings is 1. The van der Waals surface area contributed by atoms with E-state index in [2.05, 4.69) is 38.0 Å². The number of hydrogen-bond acceptors (Lipinski definition) is 0. The lowest BCUT2D eigenvalue weighted by Gasteiger charge is -2.15. The van der Waals surface area contributed by atoms with Gasteiger partial charge >= 0.3 is 0 Å². The molecule has 1 aromatic rings. The number of allylic oxidation sites excluding steroid dienone is 3. The summed E-state index contributed by atoms with van der Waals surface area (Å²) in [6.45, 7) is 11.8. The van der Waals surface area contributed by atoms with E-state index in [-0.39, 0.29) is 0 Å². The lowest BCUT2D eigenvalue weighted by molar-refractivity contribution is 0.963. The SMILES string of the molecule is C=C/C=c1/cc(CC=C)c2c(c1=C)CCC=C2. The lowest BCUT2D eigenvalue weighted by Crippen LogP contribution is -2.30. The third-order valence-electron chi connectivity index (χ3n) is 3.22. The molecule has 0 unspecified atom stereocenters. The Balaban J connectivity index is 2.78. The van der Waals surface area contributed by atoms with E-state index in [1.807, 2.05) is 18.2 Å². The van der Waals surface area contributed by atoms with Crippen LogP contribution >= 0.6 is 0 Å². The van der Waals surface area contributed by atoms with E-state index in [4.69, 9.17) is 0 Å². The molecular formula is C17H18. The minimum Gasteiger partial charge on any atom is -0.103 e. The van der Waals surface area contributed by atoms with Crippen molar-refractivity contribution in [2.45, 2.75) is 19.3 Å². The van der Waals surface area contributed by atoms with Crippen molar-refractivity contribution in [3.05, 3.63) is 64.6 Å². The van der Waals surface area contributed by atoms with Crippen LogP contribution in [0.2, 0.25) is 0 Å². The normalized spacial score (nSPS) is 14.5. The molecule has 0 heteroatoms. The summed E-state index contributed by atoms with van der Waals surface area (Å²) in [4.78, 5) is 0. The predicted molar refractivity (Wildman–Crippen MR) is 77.1 cm³/mol. The zero-order chi connectivity index (χ0) is 12.3. The van der Waals surface area contributed by atoms with Crippen LogP contribution in [0.5, 0.6) is 0 Å². The third-order valence-corrected chi connectivity index (χ3v) is 3.22. The van der Waals surface area contributed by atoms with Gasteiger partial charge in [-0.05, 0) is 46.4 Å². The molecule has 0 fully saturated rings. The molecule has 0 saturated carbocycles. The summed E-state index contributed by atoms with van der Waals surface area (Å²) in [6, 6.07) is 2.21. The molecule has 0 radical (unpaired) electrons. The van der Waals surface area contributed by atoms with Crippen molar-refractivity contribution in [3.63, 3.8) is 0 Å². The van der Waals surface area contributed by atoms with Crippen molar-refractivity contribution in [2.24, 2.45) is 0 Å². The molecule has 0 atom stereocenters. The van der Waals surface area contributed by atoms with Crippen molar-refractivity contribution < 1.29 is 0 Å². The Morgan fingerprint density at radius 1 is 1.29 bits per heavy atom. The summed E-state index contributed by atoms with van der Waals surface area (Å²) in [5, 5.41) is 2.34. The second kappa shape index (κ2) is 5.01. The smallest absolute Gasteiger partial charge is 0.00939 e. The highest BCUT2D eigenvalue weighted by Gasteiger charge is 2.10. The van der Waals surface area contributed by atoms with E-state index in [1.54, 1.807) is 0 Å². The molecule has 1 aliphatic carbocycles. The van der Waals surface area contributed by atoms with Gasteiger partial charge in [0.15, 0.2) is 0 Å². The second-order valence-electron chi connectivity index (χ2n) is 4.33. The number of hydrogen-bond donors (Lipinski definition) is 0. The van der Waals surface area contributed by atoms with Crippen molar-refractivity contribution in [3.8, 4) is 0 Å². The van der Waals surface area contributed by atoms with E-state index >= 15 is 0 Å². The van der Waals surface area contributed by atoms with Gasteiger partial charge in [0.2, 0.25) is 0 Å². The van der Waals surface area contributed by atoms with Gasteiger partial charge in [-0.3, -0.25) is 0 Å². The molecule has 0 N–H and O–H groups in total. The van der Waals surface area contributed by atoms with Crippen LogP contribution in [0.3, 0.4) is 0 Å². The molecule has 0 saturated heterocycles. The summed E-state index contributed by atoms with van der Waals surface area (Å²) in [7, 11) is 0. The molecule has 0 bridgehead atoms. The molecule has 0 heterocycles. The minimum atomic E-state index is 0.908. The molecule has 17 heavy (non-hydrogen) atoms. The Bertz CT molecular complexity index is 585. The summed E-state index contributed by atoms with van der Waals surface area (Å²) in [5.41, 5.74) is 4.08. The molecule has 0 spiro atoms. The van der Waals surface area contributed by atoms with E-state index in [0.717, 1.165) is 24.5 Å². The first-order chi connectivity index (χ1) is 8.27. The van der Waals surface area contributed by atoms with E-state index in [0.29, 0.717) is 0 Å². The highest BCUT2D eigenvalue weighted by molar-refractivity contribution is 5.62. The van der Waals surface area contributed by atoms with Gasteiger partial charge in [-0.15, -0.1) is 6.58 Å². The van der Waals surface area contributed by atoms with Crippen LogP contribution in [0.1, 0.15) is 23.1 Å². The summed E-state index contributed by atoms with van der Waals surface area (Å²) >= 11 is 0. The van der Waals surface area contributed by atoms with Gasteiger partial charge in [-0.25, -0.2) is 0 Å². The zero-order valence-electron chi connectivity index (χ0n) is 10.2. The lowest BCUT2D eigenvalue weighted by atomic mass is 9.89. The first kappa shape index (κ1) is 11.7. The maximum atomic E-state index is 4.21. The molecular weight excluding hydrogens is 204 g/mol. The largest absolute Gasteiger partial charge is 0.103 e. The van der Waals surface area contributed by atoms with E-state index < -0.39 is 0 Å². The molecule has 2 rings (SSSR count). The quantitative estimate of drug-likeness (QED) is 0.690. The number of fused-ring (bicyclic) bond motifs is 1. The average molecular weight is 222 g/mol. The average Bonchev–Trinajstić information content (AvgIpc) is 2.36. The van der Waals surface area contributed by atoms with Gasteiger partial charge in [-0.2, -0.15) is 0 Å². The van der Waals surface area contributed by atoms with Crippen molar-refractivity contribution in [2.75, 3.05) is 0 Å². The fourth-order valence-corrected chi connectivity index (χ4v) is 2.41. The second-order valence-corrected chi connectivity index (χ2v) is 4.33. The Morgan fingerprint density at radius 3 is 2.82 bits per heavy atom. The van der Waals surface area contributed by atoms with Crippen molar-refractivity contribution in [1.29, 1.82) is 0 Å². The Morgan fingerprint density at radius 2 is 2.12 bits per heavy atom. The first-order valence-electron chi connectivity index (χ1n) is 6.02. The van der Waals surface area contributed by atoms with Gasteiger partial charge < -0.3 is 0 Å². The third kappa shape index (κ3) is 2.16. The van der Waals surface area contributed by atoms with Crippen LogP contribution in [0, 0.1) is 0 Å². The Labute approximate surface area is 103 Å². The highest BCUT2D eigenvalue weighted by atomic mass is 14.1. The van der Waals surface area contributed by atoms with E-state index in [9.17, 15) is 0 Å². The standard InChI is InChI=1S/C17H18/c1-4-8-14-12-15(9-5-2)17-11-7-6-10-16(17)13(14)3/h4-5,7-8,11-12H,1-3,6,9-10H2/b14-8-. The van der Waals surface area contributed by atoms with Gasteiger partial charge in [0.25, 0.3) is 0 Å². The van der Waals surface area contributed by atoms with Gasteiger partial charge in [0, 0.05) is 0 Å². The molecule has 1 aliphatic rings. The summed E-state index contributed by atoms with van der Waals surface area (Å²) in [5.74, 6) is 0. The summed E-state index contributed by atoms with van der Waals surface area (Å²) < 4.78 is 0. The minimum absolute atomic E-state index is 0.908. The van der Waals surface area contributed by atoms with Crippen LogP contribution in [-0.4, -0.2) is 0 Å². The topological polar surface area (TPSA) is 0 Å². The van der Waals surface area contributed by atoms with Gasteiger partial charge in [0.05, 0.1) is 0 Å². The predicted octanol–water partition coefficient (Wildman–Crippen LogP) is 2.75. The Kier molecular flexibility index (Phi) is 3.43. The van der Waals surface area contributed by atoms with E-state index in [1.165, 1.54) is 21.9 Å². The summed E-state index contributed by atoms with van der Waals surface area (Å²) in [6.07, 6.45) is 13.4. The van der Waals surface area contributed by atoms with Crippen molar-refractivity contribution >= 4 is 18.7 Å². The molecule has 0 aliphatic heterocycles. The molecule has 0 amide bonds. The molecule has 1 aromatic carbocycles. The van der Waals surface area contributed by atoms with Crippen molar-refractivity contribution in [1.82, 2.24) is 0 Å². The van der Waals surface area contributed by atoms with Crippen LogP contribution in [-0.2, 0) is 12.8 Å². The molecule has 0 nitrogen and oxygen atoms in total. The van der Waals surface area contributed by atoms with Gasteiger partial charge in [0.1, 0.15) is 0 Å². The molecule has 0 aromatic heterocycles. The molecule has 86 valence electrons. The van der Waals surface area contributed by atoms with Crippen LogP contribution in [0.25, 0.3) is 18.7 Å².